The molecule has 6 nitrogen and oxygen atoms in total. The van der Waals surface area contributed by atoms with Crippen molar-refractivity contribution in [1.82, 2.24) is 4.90 Å². The summed E-state index contributed by atoms with van der Waals surface area (Å²) in [5.74, 6) is -1.36. The van der Waals surface area contributed by atoms with E-state index in [1.165, 1.54) is 22.5 Å². The van der Waals surface area contributed by atoms with Crippen molar-refractivity contribution in [3.63, 3.8) is 0 Å². The SMILES string of the molecule is CS(=O)(=O)N(c1cccc(C(=O)[O-])c1)C1CN(C(c2ccc(Cl)cc2)c2ccc(Cl)cc2)C1. The number of halogens is 2. The number of nitrogens with zero attached hydrogens (tertiary/aromatic N) is 2. The van der Waals surface area contributed by atoms with Gasteiger partial charge in [0, 0.05) is 23.1 Å². The summed E-state index contributed by atoms with van der Waals surface area (Å²) in [4.78, 5) is 13.4. The standard InChI is InChI=1S/C24H22Cl2N2O4S/c1-33(31,32)28(21-4-2-3-18(13-21)24(29)30)22-14-27(15-22)23(16-5-9-19(25)10-6-16)17-7-11-20(26)12-8-17/h2-13,22-23H,14-15H2,1H3,(H,29,30)/p-1. The van der Waals surface area contributed by atoms with Crippen molar-refractivity contribution in [1.29, 1.82) is 0 Å². The van der Waals surface area contributed by atoms with Crippen LogP contribution in [-0.4, -0.2) is 44.7 Å². The average Bonchev–Trinajstić information content (AvgIpc) is 2.73. The third-order valence-electron chi connectivity index (χ3n) is 5.65. The summed E-state index contributed by atoms with van der Waals surface area (Å²) in [6, 6.07) is 20.4. The third kappa shape index (κ3) is 5.17. The van der Waals surface area contributed by atoms with Crippen LogP contribution < -0.4 is 9.41 Å². The van der Waals surface area contributed by atoms with Crippen LogP contribution in [0.1, 0.15) is 27.5 Å². The second kappa shape index (κ2) is 9.35. The first-order valence-electron chi connectivity index (χ1n) is 10.2. The third-order valence-corrected chi connectivity index (χ3v) is 7.38. The zero-order valence-electron chi connectivity index (χ0n) is 17.7. The summed E-state index contributed by atoms with van der Waals surface area (Å²) in [6.45, 7) is 0.914. The monoisotopic (exact) mass is 503 g/mol. The van der Waals surface area contributed by atoms with Crippen molar-refractivity contribution >= 4 is 44.9 Å². The van der Waals surface area contributed by atoms with Crippen molar-refractivity contribution in [2.45, 2.75) is 12.1 Å². The van der Waals surface area contributed by atoms with Gasteiger partial charge in [0.1, 0.15) is 0 Å². The van der Waals surface area contributed by atoms with Crippen LogP contribution in [0.3, 0.4) is 0 Å². The molecule has 0 radical (unpaired) electrons. The molecule has 1 saturated heterocycles. The van der Waals surface area contributed by atoms with Gasteiger partial charge in [-0.2, -0.15) is 0 Å². The number of anilines is 1. The fourth-order valence-electron chi connectivity index (χ4n) is 4.19. The van der Waals surface area contributed by atoms with E-state index in [0.717, 1.165) is 17.4 Å². The minimum atomic E-state index is -3.65. The number of carboxylic acid groups (broad SMARTS) is 1. The molecule has 172 valence electrons. The lowest BCUT2D eigenvalue weighted by Gasteiger charge is -2.48. The van der Waals surface area contributed by atoms with Crippen LogP contribution in [0.25, 0.3) is 0 Å². The van der Waals surface area contributed by atoms with E-state index in [-0.39, 0.29) is 17.6 Å². The molecule has 0 N–H and O–H groups in total. The van der Waals surface area contributed by atoms with E-state index in [9.17, 15) is 18.3 Å². The lowest BCUT2D eigenvalue weighted by atomic mass is 9.93. The molecule has 0 bridgehead atoms. The Balaban J connectivity index is 1.64. The Hall–Kier alpha value is -2.58. The second-order valence-electron chi connectivity index (χ2n) is 8.01. The quantitative estimate of drug-likeness (QED) is 0.491. The minimum absolute atomic E-state index is 0.0717. The molecular formula is C24H21Cl2N2O4S-. The van der Waals surface area contributed by atoms with E-state index in [0.29, 0.717) is 28.8 Å². The molecule has 0 amide bonds. The van der Waals surface area contributed by atoms with Crippen molar-refractivity contribution in [2.75, 3.05) is 23.7 Å². The summed E-state index contributed by atoms with van der Waals surface area (Å²) in [7, 11) is -3.65. The molecule has 1 heterocycles. The molecule has 0 atom stereocenters. The highest BCUT2D eigenvalue weighted by Gasteiger charge is 2.40. The van der Waals surface area contributed by atoms with Gasteiger partial charge in [-0.1, -0.05) is 59.6 Å². The summed E-state index contributed by atoms with van der Waals surface area (Å²) >= 11 is 12.2. The molecule has 0 unspecified atom stereocenters. The Kier molecular flexibility index (Phi) is 6.68. The van der Waals surface area contributed by atoms with Gasteiger partial charge in [-0.3, -0.25) is 9.21 Å². The molecule has 33 heavy (non-hydrogen) atoms. The number of carboxylic acids is 1. The lowest BCUT2D eigenvalue weighted by molar-refractivity contribution is -0.255. The van der Waals surface area contributed by atoms with Gasteiger partial charge in [-0.25, -0.2) is 8.42 Å². The maximum Gasteiger partial charge on any atom is 0.232 e. The molecule has 1 fully saturated rings. The summed E-state index contributed by atoms with van der Waals surface area (Å²) in [5.41, 5.74) is 2.27. The van der Waals surface area contributed by atoms with Gasteiger partial charge in [0.15, 0.2) is 0 Å². The molecule has 4 rings (SSSR count). The topological polar surface area (TPSA) is 80.8 Å². The molecule has 3 aromatic carbocycles. The summed E-state index contributed by atoms with van der Waals surface area (Å²) < 4.78 is 26.6. The minimum Gasteiger partial charge on any atom is -0.545 e. The number of benzene rings is 3. The number of rotatable bonds is 7. The van der Waals surface area contributed by atoms with Gasteiger partial charge in [0.05, 0.1) is 30.0 Å². The number of sulfonamides is 1. The molecule has 0 aromatic heterocycles. The zero-order chi connectivity index (χ0) is 23.8. The zero-order valence-corrected chi connectivity index (χ0v) is 20.0. The van der Waals surface area contributed by atoms with Crippen molar-refractivity contribution in [2.24, 2.45) is 0 Å². The highest BCUT2D eigenvalue weighted by Crippen LogP contribution is 2.36. The molecule has 3 aromatic rings. The number of hydrogen-bond acceptors (Lipinski definition) is 5. The second-order valence-corrected chi connectivity index (χ2v) is 10.7. The Morgan fingerprint density at radius 3 is 1.94 bits per heavy atom. The highest BCUT2D eigenvalue weighted by atomic mass is 35.5. The van der Waals surface area contributed by atoms with Crippen LogP contribution in [-0.2, 0) is 10.0 Å². The van der Waals surface area contributed by atoms with Crippen LogP contribution in [0.5, 0.6) is 0 Å². The van der Waals surface area contributed by atoms with Gasteiger partial charge in [-0.05, 0) is 53.1 Å². The van der Waals surface area contributed by atoms with E-state index in [4.69, 9.17) is 23.2 Å². The van der Waals surface area contributed by atoms with Crippen LogP contribution in [0.15, 0.2) is 72.8 Å². The smallest absolute Gasteiger partial charge is 0.232 e. The fraction of sp³-hybridized carbons (Fsp3) is 0.208. The van der Waals surface area contributed by atoms with Gasteiger partial charge >= 0.3 is 0 Å². The van der Waals surface area contributed by atoms with E-state index >= 15 is 0 Å². The Morgan fingerprint density at radius 1 is 0.970 bits per heavy atom. The Labute approximate surface area is 203 Å². The normalized spacial score (nSPS) is 14.8. The molecule has 1 aliphatic heterocycles. The first-order valence-corrected chi connectivity index (χ1v) is 12.8. The van der Waals surface area contributed by atoms with Crippen LogP contribution in [0.2, 0.25) is 10.0 Å². The first kappa shape index (κ1) is 23.6. The number of aromatic carboxylic acids is 1. The number of carbonyl (C=O) groups is 1. The largest absolute Gasteiger partial charge is 0.545 e. The van der Waals surface area contributed by atoms with Crippen molar-refractivity contribution < 1.29 is 18.3 Å². The average molecular weight is 504 g/mol. The molecule has 0 saturated carbocycles. The summed E-state index contributed by atoms with van der Waals surface area (Å²) in [6.07, 6.45) is 1.12. The Bertz CT molecular complexity index is 1210. The maximum atomic E-state index is 12.7. The number of carbonyl (C=O) groups excluding carboxylic acids is 1. The molecule has 1 aliphatic rings. The fourth-order valence-corrected chi connectivity index (χ4v) is 5.62. The molecule has 0 spiro atoms. The van der Waals surface area contributed by atoms with E-state index in [1.807, 2.05) is 48.5 Å². The van der Waals surface area contributed by atoms with E-state index in [2.05, 4.69) is 4.90 Å². The van der Waals surface area contributed by atoms with Gasteiger partial charge in [0.2, 0.25) is 10.0 Å². The highest BCUT2D eigenvalue weighted by molar-refractivity contribution is 7.92. The number of likely N-dealkylation sites (tertiary alicyclic amines) is 1. The van der Waals surface area contributed by atoms with Crippen LogP contribution in [0, 0.1) is 0 Å². The van der Waals surface area contributed by atoms with Gasteiger partial charge in [-0.15, -0.1) is 0 Å². The van der Waals surface area contributed by atoms with Crippen molar-refractivity contribution in [3.8, 4) is 0 Å². The molecule has 0 aliphatic carbocycles. The van der Waals surface area contributed by atoms with E-state index < -0.39 is 16.0 Å². The van der Waals surface area contributed by atoms with Gasteiger partial charge < -0.3 is 9.90 Å². The predicted molar refractivity (Wildman–Crippen MR) is 128 cm³/mol. The lowest BCUT2D eigenvalue weighted by Crippen LogP contribution is -2.61. The number of hydrogen-bond donors (Lipinski definition) is 0. The first-order chi connectivity index (χ1) is 15.6. The van der Waals surface area contributed by atoms with Crippen molar-refractivity contribution in [3.05, 3.63) is 99.5 Å². The predicted octanol–water partition coefficient (Wildman–Crippen LogP) is 3.60. The van der Waals surface area contributed by atoms with Crippen LogP contribution in [0.4, 0.5) is 5.69 Å². The molecular weight excluding hydrogens is 483 g/mol. The van der Waals surface area contributed by atoms with E-state index in [1.54, 1.807) is 6.07 Å². The maximum absolute atomic E-state index is 12.7. The Morgan fingerprint density at radius 2 is 1.48 bits per heavy atom. The van der Waals surface area contributed by atoms with Crippen LogP contribution >= 0.6 is 23.2 Å². The summed E-state index contributed by atoms with van der Waals surface area (Å²) in [5, 5.41) is 12.5. The molecule has 9 heteroatoms. The van der Waals surface area contributed by atoms with Gasteiger partial charge in [0.25, 0.3) is 0 Å².